The van der Waals surface area contributed by atoms with Gasteiger partial charge in [0.1, 0.15) is 5.75 Å². The number of hydrogen-bond donors (Lipinski definition) is 1. The average molecular weight is 290 g/mol. The third kappa shape index (κ3) is 4.28. The summed E-state index contributed by atoms with van der Waals surface area (Å²) in [6.45, 7) is 2.47. The van der Waals surface area contributed by atoms with Crippen LogP contribution in [0.5, 0.6) is 5.75 Å². The summed E-state index contributed by atoms with van der Waals surface area (Å²) in [5.74, 6) is 0.339. The van der Waals surface area contributed by atoms with E-state index in [1.807, 2.05) is 43.3 Å². The second-order valence-electron chi connectivity index (χ2n) is 4.48. The van der Waals surface area contributed by atoms with Crippen molar-refractivity contribution in [3.05, 3.63) is 64.7 Å². The summed E-state index contributed by atoms with van der Waals surface area (Å²) in [5.41, 5.74) is 2.24. The molecule has 1 N–H and O–H groups in total. The molecular formula is C16H16ClNO2. The Hall–Kier alpha value is -2.00. The van der Waals surface area contributed by atoms with Crippen molar-refractivity contribution in [3.63, 3.8) is 0 Å². The quantitative estimate of drug-likeness (QED) is 0.917. The summed E-state index contributed by atoms with van der Waals surface area (Å²) in [5, 5.41) is 3.31. The molecule has 0 aliphatic heterocycles. The van der Waals surface area contributed by atoms with E-state index < -0.39 is 0 Å². The van der Waals surface area contributed by atoms with Crippen LogP contribution in [0.2, 0.25) is 5.02 Å². The highest BCUT2D eigenvalue weighted by Crippen LogP contribution is 2.22. The molecule has 0 aromatic heterocycles. The first-order valence-corrected chi connectivity index (χ1v) is 6.72. The number of ether oxygens (including phenoxy) is 1. The van der Waals surface area contributed by atoms with Crippen LogP contribution in [0, 0.1) is 6.92 Å². The highest BCUT2D eigenvalue weighted by atomic mass is 35.5. The van der Waals surface area contributed by atoms with Gasteiger partial charge in [0, 0.05) is 6.54 Å². The van der Waals surface area contributed by atoms with Crippen molar-refractivity contribution in [2.45, 2.75) is 13.5 Å². The zero-order valence-electron chi connectivity index (χ0n) is 11.2. The molecule has 0 bridgehead atoms. The number of carbonyl (C=O) groups excluding carboxylic acids is 1. The van der Waals surface area contributed by atoms with Gasteiger partial charge in [-0.15, -0.1) is 0 Å². The predicted octanol–water partition coefficient (Wildman–Crippen LogP) is 3.34. The minimum Gasteiger partial charge on any atom is -0.482 e. The predicted molar refractivity (Wildman–Crippen MR) is 80.0 cm³/mol. The normalized spacial score (nSPS) is 10.1. The minimum absolute atomic E-state index is 0.0461. The Bertz CT molecular complexity index is 599. The van der Waals surface area contributed by atoms with Crippen LogP contribution in [0.1, 0.15) is 11.1 Å². The van der Waals surface area contributed by atoms with Crippen molar-refractivity contribution in [2.24, 2.45) is 0 Å². The molecule has 0 saturated carbocycles. The van der Waals surface area contributed by atoms with Gasteiger partial charge in [0.25, 0.3) is 5.91 Å². The van der Waals surface area contributed by atoms with Crippen molar-refractivity contribution < 1.29 is 9.53 Å². The third-order valence-electron chi connectivity index (χ3n) is 2.77. The Morgan fingerprint density at radius 1 is 1.20 bits per heavy atom. The van der Waals surface area contributed by atoms with Crippen LogP contribution in [0.25, 0.3) is 0 Å². The van der Waals surface area contributed by atoms with Crippen LogP contribution >= 0.6 is 11.6 Å². The van der Waals surface area contributed by atoms with E-state index in [0.717, 1.165) is 5.56 Å². The first kappa shape index (κ1) is 14.4. The summed E-state index contributed by atoms with van der Waals surface area (Å²) in [6.07, 6.45) is 0. The molecule has 0 unspecified atom stereocenters. The van der Waals surface area contributed by atoms with Crippen molar-refractivity contribution >= 4 is 17.5 Å². The molecule has 4 heteroatoms. The third-order valence-corrected chi connectivity index (χ3v) is 3.08. The van der Waals surface area contributed by atoms with E-state index in [2.05, 4.69) is 5.32 Å². The molecule has 3 nitrogen and oxygen atoms in total. The summed E-state index contributed by atoms with van der Waals surface area (Å²) >= 11 is 5.94. The van der Waals surface area contributed by atoms with Crippen molar-refractivity contribution in [3.8, 4) is 5.75 Å². The maximum Gasteiger partial charge on any atom is 0.258 e. The smallest absolute Gasteiger partial charge is 0.258 e. The lowest BCUT2D eigenvalue weighted by Gasteiger charge is -2.09. The minimum atomic E-state index is -0.175. The summed E-state index contributed by atoms with van der Waals surface area (Å²) in [6, 6.07) is 15.1. The van der Waals surface area contributed by atoms with Crippen LogP contribution in [0.3, 0.4) is 0 Å². The van der Waals surface area contributed by atoms with Crippen LogP contribution in [-0.2, 0) is 11.3 Å². The number of hydrogen-bond acceptors (Lipinski definition) is 2. The number of para-hydroxylation sites is 1. The molecule has 0 radical (unpaired) electrons. The second kappa shape index (κ2) is 6.96. The molecule has 0 saturated heterocycles. The standard InChI is InChI=1S/C16H16ClNO2/c1-12-5-4-6-13(9-12)10-18-16(19)11-20-15-8-3-2-7-14(15)17/h2-9H,10-11H2,1H3,(H,18,19). The zero-order chi connectivity index (χ0) is 14.4. The fourth-order valence-electron chi connectivity index (χ4n) is 1.78. The molecule has 0 heterocycles. The van der Waals surface area contributed by atoms with Gasteiger partial charge in [-0.3, -0.25) is 4.79 Å². The van der Waals surface area contributed by atoms with Crippen LogP contribution in [0.4, 0.5) is 0 Å². The van der Waals surface area contributed by atoms with Gasteiger partial charge >= 0.3 is 0 Å². The molecule has 0 spiro atoms. The fourth-order valence-corrected chi connectivity index (χ4v) is 1.97. The Kier molecular flexibility index (Phi) is 5.02. The monoisotopic (exact) mass is 289 g/mol. The SMILES string of the molecule is Cc1cccc(CNC(=O)COc2ccccc2Cl)c1. The Morgan fingerprint density at radius 2 is 2.00 bits per heavy atom. The molecular weight excluding hydrogens is 274 g/mol. The topological polar surface area (TPSA) is 38.3 Å². The second-order valence-corrected chi connectivity index (χ2v) is 4.89. The number of amides is 1. The van der Waals surface area contributed by atoms with Crippen molar-refractivity contribution in [2.75, 3.05) is 6.61 Å². The maximum absolute atomic E-state index is 11.7. The number of halogens is 1. The van der Waals surface area contributed by atoms with Gasteiger partial charge in [-0.05, 0) is 24.6 Å². The summed E-state index contributed by atoms with van der Waals surface area (Å²) in [7, 11) is 0. The highest BCUT2D eigenvalue weighted by Gasteiger charge is 2.05. The number of rotatable bonds is 5. The average Bonchev–Trinajstić information content (AvgIpc) is 2.44. The molecule has 20 heavy (non-hydrogen) atoms. The molecule has 2 aromatic carbocycles. The largest absolute Gasteiger partial charge is 0.482 e. The lowest BCUT2D eigenvalue weighted by atomic mass is 10.1. The van der Waals surface area contributed by atoms with Crippen molar-refractivity contribution in [1.29, 1.82) is 0 Å². The maximum atomic E-state index is 11.7. The van der Waals surface area contributed by atoms with Crippen LogP contribution < -0.4 is 10.1 Å². The molecule has 0 atom stereocenters. The molecule has 2 aromatic rings. The van der Waals surface area contributed by atoms with Gasteiger partial charge in [-0.1, -0.05) is 53.6 Å². The van der Waals surface area contributed by atoms with E-state index in [9.17, 15) is 4.79 Å². The molecule has 104 valence electrons. The van der Waals surface area contributed by atoms with E-state index in [0.29, 0.717) is 17.3 Å². The van der Waals surface area contributed by atoms with E-state index in [4.69, 9.17) is 16.3 Å². The summed E-state index contributed by atoms with van der Waals surface area (Å²) in [4.78, 5) is 11.7. The van der Waals surface area contributed by atoms with Crippen molar-refractivity contribution in [1.82, 2.24) is 5.32 Å². The Labute approximate surface area is 123 Å². The van der Waals surface area contributed by atoms with E-state index in [1.54, 1.807) is 12.1 Å². The van der Waals surface area contributed by atoms with Gasteiger partial charge < -0.3 is 10.1 Å². The number of nitrogens with one attached hydrogen (secondary N) is 1. The molecule has 1 amide bonds. The van der Waals surface area contributed by atoms with Gasteiger partial charge in [0.05, 0.1) is 5.02 Å². The van der Waals surface area contributed by atoms with E-state index >= 15 is 0 Å². The molecule has 0 aliphatic rings. The lowest BCUT2D eigenvalue weighted by molar-refractivity contribution is -0.123. The number of aryl methyl sites for hydroxylation is 1. The molecule has 0 aliphatic carbocycles. The van der Waals surface area contributed by atoms with Gasteiger partial charge in [-0.25, -0.2) is 0 Å². The first-order valence-electron chi connectivity index (χ1n) is 6.35. The van der Waals surface area contributed by atoms with Gasteiger partial charge in [0.2, 0.25) is 0 Å². The van der Waals surface area contributed by atoms with E-state index in [-0.39, 0.29) is 12.5 Å². The first-order chi connectivity index (χ1) is 9.65. The number of carbonyl (C=O) groups is 1. The Morgan fingerprint density at radius 3 is 2.75 bits per heavy atom. The fraction of sp³-hybridized carbons (Fsp3) is 0.188. The number of benzene rings is 2. The summed E-state index contributed by atoms with van der Waals surface area (Å²) < 4.78 is 5.37. The highest BCUT2D eigenvalue weighted by molar-refractivity contribution is 6.32. The van der Waals surface area contributed by atoms with E-state index in [1.165, 1.54) is 5.56 Å². The van der Waals surface area contributed by atoms with Crippen LogP contribution in [-0.4, -0.2) is 12.5 Å². The Balaban J connectivity index is 1.80. The molecule has 0 fully saturated rings. The molecule has 2 rings (SSSR count). The zero-order valence-corrected chi connectivity index (χ0v) is 12.0. The van der Waals surface area contributed by atoms with Gasteiger partial charge in [0.15, 0.2) is 6.61 Å². The van der Waals surface area contributed by atoms with Gasteiger partial charge in [-0.2, -0.15) is 0 Å². The van der Waals surface area contributed by atoms with Crippen LogP contribution in [0.15, 0.2) is 48.5 Å². The lowest BCUT2D eigenvalue weighted by Crippen LogP contribution is -2.28.